The van der Waals surface area contributed by atoms with Crippen molar-refractivity contribution in [3.63, 3.8) is 0 Å². The van der Waals surface area contributed by atoms with Crippen LogP contribution in [0.3, 0.4) is 0 Å². The number of ether oxygens (including phenoxy) is 1. The van der Waals surface area contributed by atoms with E-state index < -0.39 is 0 Å². The van der Waals surface area contributed by atoms with Crippen molar-refractivity contribution >= 4 is 29.0 Å². The second-order valence-corrected chi connectivity index (χ2v) is 11.6. The van der Waals surface area contributed by atoms with Crippen molar-refractivity contribution in [1.82, 2.24) is 19.7 Å². The highest BCUT2D eigenvalue weighted by atomic mass is 32.2. The Morgan fingerprint density at radius 1 is 1.03 bits per heavy atom. The lowest BCUT2D eigenvalue weighted by atomic mass is 9.88. The molecule has 3 aliphatic rings. The third-order valence-corrected chi connectivity index (χ3v) is 9.23. The summed E-state index contributed by atoms with van der Waals surface area (Å²) in [7, 11) is 0. The number of hydrogen-bond acceptors (Lipinski definition) is 6. The Kier molecular flexibility index (Phi) is 8.05. The van der Waals surface area contributed by atoms with Crippen LogP contribution in [0.15, 0.2) is 22.7 Å². The van der Waals surface area contributed by atoms with Crippen LogP contribution in [0.2, 0.25) is 0 Å². The molecule has 3 heterocycles. The molecule has 180 valence electrons. The van der Waals surface area contributed by atoms with E-state index in [9.17, 15) is 4.79 Å². The van der Waals surface area contributed by atoms with E-state index in [0.717, 1.165) is 41.9 Å². The number of aromatic nitrogens is 3. The zero-order valence-electron chi connectivity index (χ0n) is 19.5. The molecule has 1 aliphatic heterocycles. The standard InChI is InChI=1S/C25H36N4O2S2/c30-23(29(19-9-3-1-4-10-19)20-11-5-2-6-12-20)18-33-25-27-26-24(22-14-8-16-32-22)28(25)17-21-13-7-15-31-21/h8,14,16,19-21H,1-7,9-13,15,17-18H2/t21-/m0/s1. The first-order valence-corrected chi connectivity index (χ1v) is 14.7. The average molecular weight is 489 g/mol. The molecular formula is C25H36N4O2S2. The molecule has 2 aliphatic carbocycles. The molecule has 5 rings (SSSR count). The molecule has 33 heavy (non-hydrogen) atoms. The second kappa shape index (κ2) is 11.4. The summed E-state index contributed by atoms with van der Waals surface area (Å²) in [4.78, 5) is 17.1. The van der Waals surface area contributed by atoms with Crippen molar-refractivity contribution in [3.8, 4) is 10.7 Å². The third kappa shape index (κ3) is 5.65. The molecule has 0 spiro atoms. The zero-order chi connectivity index (χ0) is 22.5. The summed E-state index contributed by atoms with van der Waals surface area (Å²) >= 11 is 3.24. The molecule has 1 amide bonds. The van der Waals surface area contributed by atoms with Crippen molar-refractivity contribution in [2.75, 3.05) is 12.4 Å². The Bertz CT molecular complexity index is 864. The molecule has 3 fully saturated rings. The molecular weight excluding hydrogens is 452 g/mol. The molecule has 0 aromatic carbocycles. The van der Waals surface area contributed by atoms with Crippen molar-refractivity contribution in [1.29, 1.82) is 0 Å². The van der Waals surface area contributed by atoms with Gasteiger partial charge in [0.25, 0.3) is 0 Å². The van der Waals surface area contributed by atoms with Gasteiger partial charge in [-0.1, -0.05) is 56.4 Å². The van der Waals surface area contributed by atoms with Gasteiger partial charge >= 0.3 is 0 Å². The summed E-state index contributed by atoms with van der Waals surface area (Å²) in [5.74, 6) is 1.64. The highest BCUT2D eigenvalue weighted by Crippen LogP contribution is 2.33. The number of thiophene rings is 1. The van der Waals surface area contributed by atoms with Gasteiger partial charge in [0.2, 0.25) is 5.91 Å². The van der Waals surface area contributed by atoms with E-state index in [1.165, 1.54) is 64.2 Å². The number of hydrogen-bond donors (Lipinski definition) is 0. The molecule has 6 nitrogen and oxygen atoms in total. The topological polar surface area (TPSA) is 60.3 Å². The zero-order valence-corrected chi connectivity index (χ0v) is 21.1. The molecule has 2 aromatic rings. The summed E-state index contributed by atoms with van der Waals surface area (Å²) < 4.78 is 8.10. The van der Waals surface area contributed by atoms with Gasteiger partial charge in [-0.15, -0.1) is 21.5 Å². The average Bonchev–Trinajstić information content (AvgIpc) is 3.63. The monoisotopic (exact) mass is 488 g/mol. The highest BCUT2D eigenvalue weighted by Gasteiger charge is 2.33. The number of carbonyl (C=O) groups is 1. The summed E-state index contributed by atoms with van der Waals surface area (Å²) in [5, 5.41) is 12.0. The van der Waals surface area contributed by atoms with Gasteiger partial charge in [-0.25, -0.2) is 0 Å². The number of nitrogens with zero attached hydrogens (tertiary/aromatic N) is 4. The van der Waals surface area contributed by atoms with Crippen LogP contribution >= 0.6 is 23.1 Å². The van der Waals surface area contributed by atoms with Crippen LogP contribution in [0, 0.1) is 0 Å². The maximum absolute atomic E-state index is 13.6. The van der Waals surface area contributed by atoms with Crippen LogP contribution in [-0.2, 0) is 16.1 Å². The van der Waals surface area contributed by atoms with E-state index >= 15 is 0 Å². The van der Waals surface area contributed by atoms with Crippen molar-refractivity contribution in [3.05, 3.63) is 17.5 Å². The van der Waals surface area contributed by atoms with Gasteiger partial charge in [0.1, 0.15) is 0 Å². The fourth-order valence-electron chi connectivity index (χ4n) is 5.76. The molecule has 0 radical (unpaired) electrons. The molecule has 0 unspecified atom stereocenters. The van der Waals surface area contributed by atoms with Gasteiger partial charge in [0.05, 0.1) is 23.3 Å². The largest absolute Gasteiger partial charge is 0.376 e. The summed E-state index contributed by atoms with van der Waals surface area (Å²) in [6.45, 7) is 1.59. The summed E-state index contributed by atoms with van der Waals surface area (Å²) in [6.07, 6.45) is 14.7. The van der Waals surface area contributed by atoms with Crippen LogP contribution in [0.1, 0.15) is 77.0 Å². The molecule has 2 saturated carbocycles. The number of carbonyl (C=O) groups excluding carboxylic acids is 1. The molecule has 1 atom stereocenters. The van der Waals surface area contributed by atoms with E-state index in [0.29, 0.717) is 23.7 Å². The molecule has 8 heteroatoms. The molecule has 0 N–H and O–H groups in total. The van der Waals surface area contributed by atoms with E-state index in [4.69, 9.17) is 4.74 Å². The van der Waals surface area contributed by atoms with Crippen LogP contribution in [-0.4, -0.2) is 56.1 Å². The lowest BCUT2D eigenvalue weighted by Gasteiger charge is -2.41. The Morgan fingerprint density at radius 3 is 2.36 bits per heavy atom. The van der Waals surface area contributed by atoms with Crippen molar-refractivity contribution in [2.45, 2.75) is 107 Å². The minimum Gasteiger partial charge on any atom is -0.376 e. The first-order chi connectivity index (χ1) is 16.3. The first-order valence-electron chi connectivity index (χ1n) is 12.8. The fraction of sp³-hybridized carbons (Fsp3) is 0.720. The Balaban J connectivity index is 1.31. The van der Waals surface area contributed by atoms with Gasteiger partial charge in [-0.2, -0.15) is 0 Å². The van der Waals surface area contributed by atoms with Crippen molar-refractivity contribution in [2.24, 2.45) is 0 Å². The van der Waals surface area contributed by atoms with Crippen molar-refractivity contribution < 1.29 is 9.53 Å². The Hall–Kier alpha value is -1.38. The molecule has 1 saturated heterocycles. The fourth-order valence-corrected chi connectivity index (χ4v) is 7.30. The van der Waals surface area contributed by atoms with Crippen LogP contribution in [0.5, 0.6) is 0 Å². The smallest absolute Gasteiger partial charge is 0.233 e. The number of rotatable bonds is 8. The first kappa shape index (κ1) is 23.4. The molecule has 2 aromatic heterocycles. The van der Waals surface area contributed by atoms with E-state index in [2.05, 4.69) is 31.1 Å². The SMILES string of the molecule is O=C(CSc1nnc(-c2cccs2)n1C[C@@H]1CCCO1)N(C1CCCCC1)C1CCCCC1. The highest BCUT2D eigenvalue weighted by molar-refractivity contribution is 7.99. The maximum atomic E-state index is 13.6. The minimum atomic E-state index is 0.204. The van der Waals surface area contributed by atoms with E-state index in [1.807, 2.05) is 6.07 Å². The predicted molar refractivity (Wildman–Crippen MR) is 134 cm³/mol. The van der Waals surface area contributed by atoms with E-state index in [1.54, 1.807) is 23.1 Å². The van der Waals surface area contributed by atoms with Crippen LogP contribution in [0.4, 0.5) is 0 Å². The van der Waals surface area contributed by atoms with Gasteiger partial charge in [-0.05, 0) is 50.0 Å². The van der Waals surface area contributed by atoms with Gasteiger partial charge in [-0.3, -0.25) is 9.36 Å². The second-order valence-electron chi connectivity index (χ2n) is 9.70. The van der Waals surface area contributed by atoms with Gasteiger partial charge in [0, 0.05) is 18.7 Å². The normalized spacial score (nSPS) is 22.6. The number of thioether (sulfide) groups is 1. The Labute approximate surface area is 205 Å². The Morgan fingerprint density at radius 2 is 1.76 bits per heavy atom. The number of amides is 1. The third-order valence-electron chi connectivity index (χ3n) is 7.42. The minimum absolute atomic E-state index is 0.204. The summed E-state index contributed by atoms with van der Waals surface area (Å²) in [5.41, 5.74) is 0. The molecule has 0 bridgehead atoms. The lowest BCUT2D eigenvalue weighted by molar-refractivity contribution is -0.135. The maximum Gasteiger partial charge on any atom is 0.233 e. The van der Waals surface area contributed by atoms with Crippen LogP contribution in [0.25, 0.3) is 10.7 Å². The quantitative estimate of drug-likeness (QED) is 0.441. The van der Waals surface area contributed by atoms with Gasteiger partial charge < -0.3 is 9.64 Å². The predicted octanol–water partition coefficient (Wildman–Crippen LogP) is 5.77. The lowest BCUT2D eigenvalue weighted by Crippen LogP contribution is -2.49. The summed E-state index contributed by atoms with van der Waals surface area (Å²) in [6, 6.07) is 5.00. The van der Waals surface area contributed by atoms with E-state index in [-0.39, 0.29) is 6.10 Å². The van der Waals surface area contributed by atoms with Crippen LogP contribution < -0.4 is 0 Å². The van der Waals surface area contributed by atoms with Gasteiger partial charge in [0.15, 0.2) is 11.0 Å².